The highest BCUT2D eigenvalue weighted by atomic mass is 16.6. The van der Waals surface area contributed by atoms with E-state index >= 15 is 0 Å². The molecule has 1 saturated heterocycles. The molecule has 1 aliphatic heterocycles. The molecular weight excluding hydrogens is 210 g/mol. The Morgan fingerprint density at radius 2 is 2.31 bits per heavy atom. The number of rotatable bonds is 6. The highest BCUT2D eigenvalue weighted by molar-refractivity contribution is 5.76. The Kier molecular flexibility index (Phi) is 6.37. The van der Waals surface area contributed by atoms with Crippen LogP contribution in [0.1, 0.15) is 13.8 Å². The van der Waals surface area contributed by atoms with Crippen LogP contribution in [0.2, 0.25) is 0 Å². The number of nitrogens with one attached hydrogen (secondary N) is 1. The van der Waals surface area contributed by atoms with Crippen molar-refractivity contribution in [2.45, 2.75) is 19.9 Å². The Bertz CT molecular complexity index is 202. The molecule has 1 rings (SSSR count). The summed E-state index contributed by atoms with van der Waals surface area (Å²) in [5.41, 5.74) is 0. The van der Waals surface area contributed by atoms with E-state index < -0.39 is 0 Å². The Hall–Kier alpha value is -0.650. The third-order valence-corrected chi connectivity index (χ3v) is 2.13. The molecule has 0 amide bonds. The van der Waals surface area contributed by atoms with E-state index in [4.69, 9.17) is 14.2 Å². The van der Waals surface area contributed by atoms with Crippen LogP contribution in [-0.4, -0.2) is 51.6 Å². The summed E-state index contributed by atoms with van der Waals surface area (Å²) in [6.45, 7) is 7.37. The van der Waals surface area contributed by atoms with Crippen LogP contribution in [-0.2, 0) is 19.0 Å². The highest BCUT2D eigenvalue weighted by Gasteiger charge is 2.22. The molecule has 0 saturated carbocycles. The number of esters is 1. The monoisotopic (exact) mass is 231 g/mol. The molecule has 5 nitrogen and oxygen atoms in total. The van der Waals surface area contributed by atoms with Crippen LogP contribution in [0, 0.1) is 5.92 Å². The lowest BCUT2D eigenvalue weighted by molar-refractivity contribution is -0.150. The molecule has 1 atom stereocenters. The van der Waals surface area contributed by atoms with Gasteiger partial charge in [0.05, 0.1) is 19.8 Å². The first-order valence-corrected chi connectivity index (χ1v) is 5.75. The van der Waals surface area contributed by atoms with Crippen molar-refractivity contribution in [3.63, 3.8) is 0 Å². The Balaban J connectivity index is 2.01. The molecule has 5 heteroatoms. The second-order valence-corrected chi connectivity index (χ2v) is 4.22. The maximum absolute atomic E-state index is 11.5. The Labute approximate surface area is 96.4 Å². The maximum atomic E-state index is 11.5. The van der Waals surface area contributed by atoms with E-state index in [2.05, 4.69) is 19.2 Å². The topological polar surface area (TPSA) is 56.8 Å². The smallest absolute Gasteiger partial charge is 0.325 e. The summed E-state index contributed by atoms with van der Waals surface area (Å²) in [6.07, 6.45) is 0. The summed E-state index contributed by atoms with van der Waals surface area (Å²) >= 11 is 0. The van der Waals surface area contributed by atoms with Crippen molar-refractivity contribution in [2.24, 2.45) is 5.92 Å². The largest absolute Gasteiger partial charge is 0.462 e. The first-order valence-electron chi connectivity index (χ1n) is 5.75. The summed E-state index contributed by atoms with van der Waals surface area (Å²) in [5, 5.41) is 3.04. The number of carbonyl (C=O) groups excluding carboxylic acids is 1. The zero-order valence-corrected chi connectivity index (χ0v) is 10.0. The summed E-state index contributed by atoms with van der Waals surface area (Å²) in [6, 6.07) is -0.321. The minimum atomic E-state index is -0.321. The Morgan fingerprint density at radius 1 is 1.50 bits per heavy atom. The zero-order valence-electron chi connectivity index (χ0n) is 10.0. The van der Waals surface area contributed by atoms with Gasteiger partial charge in [-0.05, 0) is 5.92 Å². The minimum absolute atomic E-state index is 0.257. The molecule has 0 aromatic rings. The molecule has 1 unspecified atom stereocenters. The van der Waals surface area contributed by atoms with Crippen molar-refractivity contribution < 1.29 is 19.0 Å². The lowest BCUT2D eigenvalue weighted by atomic mass is 10.2. The van der Waals surface area contributed by atoms with Crippen LogP contribution in [0.15, 0.2) is 0 Å². The fourth-order valence-electron chi connectivity index (χ4n) is 1.34. The van der Waals surface area contributed by atoms with Crippen molar-refractivity contribution in [1.82, 2.24) is 5.32 Å². The summed E-state index contributed by atoms with van der Waals surface area (Å²) in [4.78, 5) is 11.5. The molecule has 1 heterocycles. The molecule has 0 radical (unpaired) electrons. The molecule has 0 aromatic carbocycles. The predicted octanol–water partition coefficient (Wildman–Crippen LogP) is 0.191. The molecule has 0 aliphatic carbocycles. The van der Waals surface area contributed by atoms with E-state index in [9.17, 15) is 4.79 Å². The van der Waals surface area contributed by atoms with E-state index in [-0.39, 0.29) is 12.0 Å². The van der Waals surface area contributed by atoms with Gasteiger partial charge in [-0.3, -0.25) is 4.79 Å². The van der Waals surface area contributed by atoms with E-state index in [1.807, 2.05) is 0 Å². The van der Waals surface area contributed by atoms with Crippen LogP contribution < -0.4 is 5.32 Å². The lowest BCUT2D eigenvalue weighted by Gasteiger charge is -2.22. The van der Waals surface area contributed by atoms with E-state index in [1.54, 1.807) is 0 Å². The van der Waals surface area contributed by atoms with Crippen molar-refractivity contribution in [1.29, 1.82) is 0 Å². The zero-order chi connectivity index (χ0) is 11.8. The van der Waals surface area contributed by atoms with Gasteiger partial charge in [0.25, 0.3) is 0 Å². The first kappa shape index (κ1) is 13.4. The van der Waals surface area contributed by atoms with Gasteiger partial charge in [0, 0.05) is 13.2 Å². The second-order valence-electron chi connectivity index (χ2n) is 4.22. The number of hydrogen-bond acceptors (Lipinski definition) is 5. The average molecular weight is 231 g/mol. The van der Waals surface area contributed by atoms with Gasteiger partial charge in [-0.2, -0.15) is 0 Å². The number of hydrogen-bond donors (Lipinski definition) is 1. The summed E-state index contributed by atoms with van der Waals surface area (Å²) < 4.78 is 15.5. The van der Waals surface area contributed by atoms with Crippen LogP contribution in [0.4, 0.5) is 0 Å². The third kappa shape index (κ3) is 5.44. The van der Waals surface area contributed by atoms with Gasteiger partial charge in [-0.1, -0.05) is 13.8 Å². The summed E-state index contributed by atoms with van der Waals surface area (Å²) in [7, 11) is 0. The van der Waals surface area contributed by atoms with E-state index in [0.29, 0.717) is 45.5 Å². The second kappa shape index (κ2) is 7.60. The Morgan fingerprint density at radius 3 is 2.94 bits per heavy atom. The van der Waals surface area contributed by atoms with Crippen LogP contribution in [0.3, 0.4) is 0 Å². The quantitative estimate of drug-likeness (QED) is 0.522. The average Bonchev–Trinajstić information content (AvgIpc) is 2.29. The van der Waals surface area contributed by atoms with Crippen molar-refractivity contribution in [3.05, 3.63) is 0 Å². The number of ether oxygens (including phenoxy) is 3. The van der Waals surface area contributed by atoms with Gasteiger partial charge >= 0.3 is 5.97 Å². The molecule has 0 spiro atoms. The molecule has 16 heavy (non-hydrogen) atoms. The summed E-state index contributed by atoms with van der Waals surface area (Å²) in [5.74, 6) is 0.247. The first-order chi connectivity index (χ1) is 7.70. The lowest BCUT2D eigenvalue weighted by Crippen LogP contribution is -2.47. The van der Waals surface area contributed by atoms with E-state index in [1.165, 1.54) is 0 Å². The van der Waals surface area contributed by atoms with Crippen LogP contribution >= 0.6 is 0 Å². The fraction of sp³-hybridized carbons (Fsp3) is 0.909. The van der Waals surface area contributed by atoms with Crippen molar-refractivity contribution >= 4 is 5.97 Å². The van der Waals surface area contributed by atoms with E-state index in [0.717, 1.165) is 0 Å². The highest BCUT2D eigenvalue weighted by Crippen LogP contribution is 1.97. The van der Waals surface area contributed by atoms with Crippen LogP contribution in [0.5, 0.6) is 0 Å². The van der Waals surface area contributed by atoms with Gasteiger partial charge in [-0.25, -0.2) is 0 Å². The minimum Gasteiger partial charge on any atom is -0.462 e. The molecule has 1 aliphatic rings. The number of morpholine rings is 1. The van der Waals surface area contributed by atoms with Gasteiger partial charge in [-0.15, -0.1) is 0 Å². The van der Waals surface area contributed by atoms with Crippen molar-refractivity contribution in [3.8, 4) is 0 Å². The van der Waals surface area contributed by atoms with Crippen molar-refractivity contribution in [2.75, 3.05) is 39.6 Å². The molecule has 0 aromatic heterocycles. The van der Waals surface area contributed by atoms with Gasteiger partial charge < -0.3 is 19.5 Å². The maximum Gasteiger partial charge on any atom is 0.325 e. The SMILES string of the molecule is CC(C)COCCOC(=O)C1COCCN1. The van der Waals surface area contributed by atoms with Crippen LogP contribution in [0.25, 0.3) is 0 Å². The molecular formula is C11H21NO4. The fourth-order valence-corrected chi connectivity index (χ4v) is 1.34. The standard InChI is InChI=1S/C11H21NO4/c1-9(2)7-15-5-6-16-11(13)10-8-14-4-3-12-10/h9-10,12H,3-8H2,1-2H3. The van der Waals surface area contributed by atoms with Gasteiger partial charge in [0.2, 0.25) is 0 Å². The normalized spacial score (nSPS) is 21.1. The molecule has 1 N–H and O–H groups in total. The molecule has 0 bridgehead atoms. The molecule has 94 valence electrons. The third-order valence-electron chi connectivity index (χ3n) is 2.13. The van der Waals surface area contributed by atoms with Gasteiger partial charge in [0.1, 0.15) is 12.6 Å². The molecule has 1 fully saturated rings. The number of carbonyl (C=O) groups is 1. The predicted molar refractivity (Wildman–Crippen MR) is 59.2 cm³/mol. The van der Waals surface area contributed by atoms with Gasteiger partial charge in [0.15, 0.2) is 0 Å².